The van der Waals surface area contributed by atoms with Crippen molar-refractivity contribution in [3.8, 4) is 0 Å². The molecule has 4 heteroatoms. The van der Waals surface area contributed by atoms with Crippen LogP contribution in [0.1, 0.15) is 4.88 Å². The van der Waals surface area contributed by atoms with E-state index in [2.05, 4.69) is 15.9 Å². The molecule has 0 fully saturated rings. The van der Waals surface area contributed by atoms with Crippen LogP contribution in [0.2, 0.25) is 0 Å². The summed E-state index contributed by atoms with van der Waals surface area (Å²) in [4.78, 5) is 11.3. The van der Waals surface area contributed by atoms with Crippen molar-refractivity contribution in [2.24, 2.45) is 5.73 Å². The lowest BCUT2D eigenvalue weighted by atomic mass is 10.4. The second-order valence-corrected chi connectivity index (χ2v) is 3.67. The molecule has 1 aromatic heterocycles. The van der Waals surface area contributed by atoms with E-state index in [1.54, 1.807) is 17.4 Å². The third-order valence-corrected chi connectivity index (χ3v) is 2.88. The molecule has 0 atom stereocenters. The van der Waals surface area contributed by atoms with Gasteiger partial charge in [-0.15, -0.1) is 11.3 Å². The van der Waals surface area contributed by atoms with E-state index in [1.807, 2.05) is 11.4 Å². The van der Waals surface area contributed by atoms with Crippen molar-refractivity contribution in [1.82, 2.24) is 0 Å². The number of carbonyl (C=O) groups is 1. The SMILES string of the molecule is NC(=O)C=Cc1sccc1Br. The first-order chi connectivity index (χ1) is 5.20. The van der Waals surface area contributed by atoms with Gasteiger partial charge in [0.1, 0.15) is 0 Å². The van der Waals surface area contributed by atoms with Gasteiger partial charge in [0.25, 0.3) is 0 Å². The number of hydrogen-bond donors (Lipinski definition) is 1. The maximum Gasteiger partial charge on any atom is 0.241 e. The van der Waals surface area contributed by atoms with E-state index >= 15 is 0 Å². The Balaban J connectivity index is 2.79. The van der Waals surface area contributed by atoms with E-state index in [1.165, 1.54) is 6.08 Å². The number of hydrogen-bond acceptors (Lipinski definition) is 2. The Morgan fingerprint density at radius 3 is 2.91 bits per heavy atom. The lowest BCUT2D eigenvalue weighted by Crippen LogP contribution is -2.04. The number of thiophene rings is 1. The second kappa shape index (κ2) is 3.69. The van der Waals surface area contributed by atoms with Crippen LogP contribution >= 0.6 is 27.3 Å². The number of nitrogens with two attached hydrogens (primary N) is 1. The summed E-state index contributed by atoms with van der Waals surface area (Å²) in [6.07, 6.45) is 3.04. The molecule has 0 saturated heterocycles. The van der Waals surface area contributed by atoms with E-state index in [-0.39, 0.29) is 0 Å². The molecule has 0 unspecified atom stereocenters. The van der Waals surface area contributed by atoms with Gasteiger partial charge in [-0.05, 0) is 33.5 Å². The molecule has 1 rings (SSSR count). The van der Waals surface area contributed by atoms with Crippen molar-refractivity contribution in [3.63, 3.8) is 0 Å². The summed E-state index contributed by atoms with van der Waals surface area (Å²) in [5.74, 6) is -0.426. The number of amides is 1. The molecular weight excluding hydrogens is 226 g/mol. The molecule has 0 saturated carbocycles. The molecular formula is C7H6BrNOS. The second-order valence-electron chi connectivity index (χ2n) is 1.87. The summed E-state index contributed by atoms with van der Waals surface area (Å²) in [5.41, 5.74) is 4.92. The average molecular weight is 232 g/mol. The Labute approximate surface area is 76.8 Å². The summed E-state index contributed by atoms with van der Waals surface area (Å²) in [5, 5.41) is 1.94. The van der Waals surface area contributed by atoms with Crippen LogP contribution in [-0.4, -0.2) is 5.91 Å². The minimum absolute atomic E-state index is 0.426. The molecule has 0 spiro atoms. The van der Waals surface area contributed by atoms with Crippen LogP contribution in [0.15, 0.2) is 22.0 Å². The summed E-state index contributed by atoms with van der Waals surface area (Å²) >= 11 is 4.87. The normalized spacial score (nSPS) is 10.6. The van der Waals surface area contributed by atoms with Crippen molar-refractivity contribution >= 4 is 39.2 Å². The van der Waals surface area contributed by atoms with Crippen LogP contribution in [0.4, 0.5) is 0 Å². The first-order valence-electron chi connectivity index (χ1n) is 2.90. The molecule has 1 amide bonds. The third-order valence-electron chi connectivity index (χ3n) is 1.04. The maximum atomic E-state index is 10.3. The maximum absolute atomic E-state index is 10.3. The largest absolute Gasteiger partial charge is 0.366 e. The van der Waals surface area contributed by atoms with Gasteiger partial charge in [0.05, 0.1) is 0 Å². The molecule has 58 valence electrons. The first-order valence-corrected chi connectivity index (χ1v) is 4.58. The third kappa shape index (κ3) is 2.48. The molecule has 11 heavy (non-hydrogen) atoms. The quantitative estimate of drug-likeness (QED) is 0.778. The molecule has 1 aromatic rings. The number of carbonyl (C=O) groups excluding carboxylic acids is 1. The van der Waals surface area contributed by atoms with Crippen LogP contribution in [-0.2, 0) is 4.79 Å². The molecule has 0 aromatic carbocycles. The highest BCUT2D eigenvalue weighted by Crippen LogP contribution is 2.23. The van der Waals surface area contributed by atoms with E-state index in [4.69, 9.17) is 5.73 Å². The number of halogens is 1. The van der Waals surface area contributed by atoms with Gasteiger partial charge in [0, 0.05) is 15.4 Å². The Kier molecular flexibility index (Phi) is 2.84. The smallest absolute Gasteiger partial charge is 0.241 e. The van der Waals surface area contributed by atoms with Crippen molar-refractivity contribution in [3.05, 3.63) is 26.9 Å². The molecule has 0 aliphatic carbocycles. The van der Waals surface area contributed by atoms with Crippen LogP contribution in [0.25, 0.3) is 6.08 Å². The monoisotopic (exact) mass is 231 g/mol. The highest BCUT2D eigenvalue weighted by atomic mass is 79.9. The predicted molar refractivity (Wildman–Crippen MR) is 50.2 cm³/mol. The molecule has 0 bridgehead atoms. The van der Waals surface area contributed by atoms with Gasteiger partial charge in [-0.25, -0.2) is 0 Å². The average Bonchev–Trinajstić information content (AvgIpc) is 2.31. The van der Waals surface area contributed by atoms with Gasteiger partial charge in [0.15, 0.2) is 0 Å². The fraction of sp³-hybridized carbons (Fsp3) is 0. The minimum atomic E-state index is -0.426. The summed E-state index contributed by atoms with van der Waals surface area (Å²) < 4.78 is 0.986. The topological polar surface area (TPSA) is 43.1 Å². The van der Waals surface area contributed by atoms with Gasteiger partial charge in [-0.2, -0.15) is 0 Å². The van der Waals surface area contributed by atoms with Gasteiger partial charge in [0.2, 0.25) is 5.91 Å². The van der Waals surface area contributed by atoms with Crippen LogP contribution in [0.3, 0.4) is 0 Å². The molecule has 2 nitrogen and oxygen atoms in total. The van der Waals surface area contributed by atoms with Crippen LogP contribution < -0.4 is 5.73 Å². The van der Waals surface area contributed by atoms with Crippen molar-refractivity contribution < 1.29 is 4.79 Å². The zero-order valence-corrected chi connectivity index (χ0v) is 7.98. The van der Waals surface area contributed by atoms with Crippen molar-refractivity contribution in [1.29, 1.82) is 0 Å². The zero-order valence-electron chi connectivity index (χ0n) is 5.58. The minimum Gasteiger partial charge on any atom is -0.366 e. The van der Waals surface area contributed by atoms with Gasteiger partial charge >= 0.3 is 0 Å². The van der Waals surface area contributed by atoms with E-state index in [9.17, 15) is 4.79 Å². The Morgan fingerprint density at radius 1 is 1.73 bits per heavy atom. The van der Waals surface area contributed by atoms with E-state index < -0.39 is 5.91 Å². The lowest BCUT2D eigenvalue weighted by Gasteiger charge is -1.84. The molecule has 0 radical (unpaired) electrons. The Bertz CT molecular complexity index is 292. The molecule has 0 aliphatic heterocycles. The summed E-state index contributed by atoms with van der Waals surface area (Å²) in [6.45, 7) is 0. The molecule has 0 aliphatic rings. The molecule has 1 heterocycles. The van der Waals surface area contributed by atoms with Crippen molar-refractivity contribution in [2.75, 3.05) is 0 Å². The van der Waals surface area contributed by atoms with Crippen LogP contribution in [0, 0.1) is 0 Å². The zero-order chi connectivity index (χ0) is 8.27. The lowest BCUT2D eigenvalue weighted by molar-refractivity contribution is -0.113. The summed E-state index contributed by atoms with van der Waals surface area (Å²) in [6, 6.07) is 1.92. The highest BCUT2D eigenvalue weighted by Gasteiger charge is 1.95. The van der Waals surface area contributed by atoms with E-state index in [0.29, 0.717) is 0 Å². The summed E-state index contributed by atoms with van der Waals surface area (Å²) in [7, 11) is 0. The first kappa shape index (κ1) is 8.49. The Morgan fingerprint density at radius 2 is 2.45 bits per heavy atom. The van der Waals surface area contributed by atoms with Gasteiger partial charge < -0.3 is 5.73 Å². The number of rotatable bonds is 2. The van der Waals surface area contributed by atoms with Crippen molar-refractivity contribution in [2.45, 2.75) is 0 Å². The Hall–Kier alpha value is -0.610. The van der Waals surface area contributed by atoms with Gasteiger partial charge in [-0.1, -0.05) is 0 Å². The highest BCUT2D eigenvalue weighted by molar-refractivity contribution is 9.10. The standard InChI is InChI=1S/C7H6BrNOS/c8-5-3-4-11-6(5)1-2-7(9)10/h1-4H,(H2,9,10). The van der Waals surface area contributed by atoms with Crippen LogP contribution in [0.5, 0.6) is 0 Å². The fourth-order valence-corrected chi connectivity index (χ4v) is 1.98. The van der Waals surface area contributed by atoms with Gasteiger partial charge in [-0.3, -0.25) is 4.79 Å². The van der Waals surface area contributed by atoms with E-state index in [0.717, 1.165) is 9.35 Å². The fourth-order valence-electron chi connectivity index (χ4n) is 0.582. The predicted octanol–water partition coefficient (Wildman–Crippen LogP) is 2.01. The number of primary amides is 1. The molecule has 2 N–H and O–H groups in total.